The van der Waals surface area contributed by atoms with Gasteiger partial charge in [-0.15, -0.1) is 0 Å². The van der Waals surface area contributed by atoms with Crippen LogP contribution in [0.3, 0.4) is 0 Å². The maximum absolute atomic E-state index is 12.0. The van der Waals surface area contributed by atoms with Gasteiger partial charge in [0.25, 0.3) is 5.56 Å². The van der Waals surface area contributed by atoms with E-state index in [1.807, 2.05) is 6.92 Å². The summed E-state index contributed by atoms with van der Waals surface area (Å²) in [6.45, 7) is 3.23. The summed E-state index contributed by atoms with van der Waals surface area (Å²) in [5, 5.41) is 7.44. The highest BCUT2D eigenvalue weighted by Gasteiger charge is 2.50. The van der Waals surface area contributed by atoms with Gasteiger partial charge in [-0.05, 0) is 35.7 Å². The molecule has 2 fully saturated rings. The van der Waals surface area contributed by atoms with E-state index < -0.39 is 0 Å². The first-order valence-electron chi connectivity index (χ1n) is 7.02. The number of nitrogens with one attached hydrogen (secondary N) is 1. The molecule has 2 heterocycles. The normalized spacial score (nSPS) is 32.4. The molecule has 1 aliphatic heterocycles. The Morgan fingerprint density at radius 1 is 1.65 bits per heavy atom. The Bertz CT molecular complexity index is 562. The zero-order valence-corrected chi connectivity index (χ0v) is 13.0. The molecular formula is C13H19BrN4O2. The number of nitrogens with two attached hydrogens (primary N) is 1. The molecule has 0 aromatic carbocycles. The third-order valence-electron chi connectivity index (χ3n) is 4.28. The van der Waals surface area contributed by atoms with E-state index in [-0.39, 0.29) is 23.7 Å². The minimum Gasteiger partial charge on any atom is -0.376 e. The number of nitrogens with zero attached hydrogens (tertiary/aromatic N) is 2. The lowest BCUT2D eigenvalue weighted by molar-refractivity contribution is -0.104. The van der Waals surface area contributed by atoms with Gasteiger partial charge in [-0.1, -0.05) is 0 Å². The summed E-state index contributed by atoms with van der Waals surface area (Å²) < 4.78 is 7.70. The fourth-order valence-electron chi connectivity index (χ4n) is 3.10. The SMILES string of the molecule is CCn1ncc(NC2C(N)C3CCCOC32)c(Br)c1=O. The maximum Gasteiger partial charge on any atom is 0.283 e. The summed E-state index contributed by atoms with van der Waals surface area (Å²) in [6.07, 6.45) is 4.03. The minimum absolute atomic E-state index is 0.0512. The third-order valence-corrected chi connectivity index (χ3v) is 5.05. The highest BCUT2D eigenvalue weighted by Crippen LogP contribution is 2.39. The van der Waals surface area contributed by atoms with E-state index in [9.17, 15) is 4.79 Å². The van der Waals surface area contributed by atoms with Crippen LogP contribution in [0.5, 0.6) is 0 Å². The van der Waals surface area contributed by atoms with E-state index in [1.165, 1.54) is 4.68 Å². The van der Waals surface area contributed by atoms with Crippen molar-refractivity contribution >= 4 is 21.6 Å². The second-order valence-corrected chi connectivity index (χ2v) is 6.18. The van der Waals surface area contributed by atoms with Crippen LogP contribution in [0.15, 0.2) is 15.5 Å². The first-order chi connectivity index (χ1) is 9.63. The van der Waals surface area contributed by atoms with Gasteiger partial charge in [-0.2, -0.15) is 5.10 Å². The Labute approximate surface area is 125 Å². The Balaban J connectivity index is 1.78. The molecule has 2 aliphatic rings. The average Bonchev–Trinajstić information content (AvgIpc) is 2.48. The van der Waals surface area contributed by atoms with Gasteiger partial charge in [0.2, 0.25) is 0 Å². The number of hydrogen-bond donors (Lipinski definition) is 2. The second kappa shape index (κ2) is 5.46. The molecule has 3 rings (SSSR count). The Kier molecular flexibility index (Phi) is 3.83. The standard InChI is InChI=1S/C13H19BrN4O2/c1-2-18-13(19)9(14)8(6-16-18)17-11-10(15)7-4-3-5-20-12(7)11/h6-7,10-12,17H,2-5,15H2,1H3. The molecule has 3 N–H and O–H groups in total. The van der Waals surface area contributed by atoms with Crippen LogP contribution < -0.4 is 16.6 Å². The summed E-state index contributed by atoms with van der Waals surface area (Å²) in [7, 11) is 0. The van der Waals surface area contributed by atoms with E-state index in [4.69, 9.17) is 10.5 Å². The monoisotopic (exact) mass is 342 g/mol. The van der Waals surface area contributed by atoms with Crippen LogP contribution >= 0.6 is 15.9 Å². The molecule has 110 valence electrons. The van der Waals surface area contributed by atoms with Crippen molar-refractivity contribution in [1.82, 2.24) is 9.78 Å². The predicted octanol–water partition coefficient (Wildman–Crippen LogP) is 0.942. The number of aromatic nitrogens is 2. The van der Waals surface area contributed by atoms with Gasteiger partial charge in [0, 0.05) is 25.1 Å². The van der Waals surface area contributed by atoms with Crippen molar-refractivity contribution in [2.24, 2.45) is 11.7 Å². The van der Waals surface area contributed by atoms with Crippen molar-refractivity contribution in [1.29, 1.82) is 0 Å². The van der Waals surface area contributed by atoms with Crippen molar-refractivity contribution in [3.8, 4) is 0 Å². The highest BCUT2D eigenvalue weighted by molar-refractivity contribution is 9.10. The van der Waals surface area contributed by atoms with Gasteiger partial charge in [0.15, 0.2) is 0 Å². The molecule has 4 atom stereocenters. The molecule has 0 spiro atoms. The van der Waals surface area contributed by atoms with Crippen molar-refractivity contribution in [2.45, 2.75) is 44.5 Å². The van der Waals surface area contributed by atoms with Crippen molar-refractivity contribution in [3.05, 3.63) is 21.0 Å². The van der Waals surface area contributed by atoms with Crippen molar-refractivity contribution < 1.29 is 4.74 Å². The number of aryl methyl sites for hydroxylation is 1. The molecule has 1 aromatic heterocycles. The third kappa shape index (κ3) is 2.17. The molecule has 1 aromatic rings. The van der Waals surface area contributed by atoms with Gasteiger partial charge in [-0.3, -0.25) is 4.79 Å². The fraction of sp³-hybridized carbons (Fsp3) is 0.692. The van der Waals surface area contributed by atoms with Crippen molar-refractivity contribution in [2.75, 3.05) is 11.9 Å². The van der Waals surface area contributed by atoms with Gasteiger partial charge >= 0.3 is 0 Å². The zero-order valence-electron chi connectivity index (χ0n) is 11.4. The summed E-state index contributed by atoms with van der Waals surface area (Å²) in [5.41, 5.74) is 6.76. The topological polar surface area (TPSA) is 82.2 Å². The van der Waals surface area contributed by atoms with Gasteiger partial charge in [0.1, 0.15) is 4.47 Å². The number of halogens is 1. The van der Waals surface area contributed by atoms with Crippen LogP contribution in [0.1, 0.15) is 19.8 Å². The first kappa shape index (κ1) is 14.0. The average molecular weight is 343 g/mol. The largest absolute Gasteiger partial charge is 0.376 e. The maximum atomic E-state index is 12.0. The predicted molar refractivity (Wildman–Crippen MR) is 79.7 cm³/mol. The Morgan fingerprint density at radius 2 is 2.45 bits per heavy atom. The van der Waals surface area contributed by atoms with E-state index >= 15 is 0 Å². The van der Waals surface area contributed by atoms with Crippen LogP contribution in [0.4, 0.5) is 5.69 Å². The quantitative estimate of drug-likeness (QED) is 0.854. The fourth-order valence-corrected chi connectivity index (χ4v) is 3.52. The zero-order chi connectivity index (χ0) is 14.3. The molecule has 7 heteroatoms. The highest BCUT2D eigenvalue weighted by atomic mass is 79.9. The molecule has 20 heavy (non-hydrogen) atoms. The number of rotatable bonds is 3. The molecule has 6 nitrogen and oxygen atoms in total. The molecule has 1 saturated heterocycles. The Morgan fingerprint density at radius 3 is 3.20 bits per heavy atom. The van der Waals surface area contributed by atoms with E-state index in [1.54, 1.807) is 6.20 Å². The molecule has 0 bridgehead atoms. The molecule has 4 unspecified atom stereocenters. The lowest BCUT2D eigenvalue weighted by atomic mass is 9.68. The van der Waals surface area contributed by atoms with E-state index in [0.717, 1.165) is 19.4 Å². The first-order valence-corrected chi connectivity index (χ1v) is 7.82. The summed E-state index contributed by atoms with van der Waals surface area (Å²) in [4.78, 5) is 12.0. The summed E-state index contributed by atoms with van der Waals surface area (Å²) in [5.74, 6) is 0.434. The van der Waals surface area contributed by atoms with Gasteiger partial charge in [-0.25, -0.2) is 4.68 Å². The molecule has 0 amide bonds. The van der Waals surface area contributed by atoms with Crippen molar-refractivity contribution in [3.63, 3.8) is 0 Å². The molecule has 1 aliphatic carbocycles. The summed E-state index contributed by atoms with van der Waals surface area (Å²) >= 11 is 3.34. The lowest BCUT2D eigenvalue weighted by Crippen LogP contribution is -2.69. The molecular weight excluding hydrogens is 324 g/mol. The number of hydrogen-bond acceptors (Lipinski definition) is 5. The molecule has 1 saturated carbocycles. The lowest BCUT2D eigenvalue weighted by Gasteiger charge is -2.52. The van der Waals surface area contributed by atoms with Gasteiger partial charge in [0.05, 0.1) is 24.0 Å². The van der Waals surface area contributed by atoms with Gasteiger partial charge < -0.3 is 15.8 Å². The van der Waals surface area contributed by atoms with Crippen LogP contribution in [-0.4, -0.2) is 34.6 Å². The number of fused-ring (bicyclic) bond motifs is 1. The molecule has 0 radical (unpaired) electrons. The second-order valence-electron chi connectivity index (χ2n) is 5.38. The van der Waals surface area contributed by atoms with E-state index in [0.29, 0.717) is 22.6 Å². The number of ether oxygens (including phenoxy) is 1. The smallest absolute Gasteiger partial charge is 0.283 e. The van der Waals surface area contributed by atoms with Crippen LogP contribution in [0, 0.1) is 5.92 Å². The number of anilines is 1. The van der Waals surface area contributed by atoms with Crippen LogP contribution in [0.25, 0.3) is 0 Å². The van der Waals surface area contributed by atoms with E-state index in [2.05, 4.69) is 26.3 Å². The van der Waals surface area contributed by atoms with Crippen LogP contribution in [0.2, 0.25) is 0 Å². The Hall–Kier alpha value is -0.920. The van der Waals surface area contributed by atoms with Crippen LogP contribution in [-0.2, 0) is 11.3 Å². The minimum atomic E-state index is -0.133. The summed E-state index contributed by atoms with van der Waals surface area (Å²) in [6, 6.07) is 0.121.